The number of aliphatic hydroxyl groups excluding tert-OH is 2. The summed E-state index contributed by atoms with van der Waals surface area (Å²) in [6.45, 7) is 0. The van der Waals surface area contributed by atoms with Crippen LogP contribution in [0.15, 0.2) is 42.5 Å². The van der Waals surface area contributed by atoms with Gasteiger partial charge in [0, 0.05) is 12.1 Å². The van der Waals surface area contributed by atoms with Crippen LogP contribution >= 0.6 is 0 Å². The van der Waals surface area contributed by atoms with E-state index in [0.29, 0.717) is 22.8 Å². The molecule has 116 valence electrons. The second-order valence-corrected chi connectivity index (χ2v) is 5.13. The zero-order valence-electron chi connectivity index (χ0n) is 12.4. The monoisotopic (exact) mass is 302 g/mol. The van der Waals surface area contributed by atoms with Crippen molar-refractivity contribution in [3.8, 4) is 17.2 Å². The van der Waals surface area contributed by atoms with Crippen molar-refractivity contribution < 1.29 is 24.4 Å². The van der Waals surface area contributed by atoms with Crippen LogP contribution in [0.25, 0.3) is 0 Å². The van der Waals surface area contributed by atoms with E-state index in [0.717, 1.165) is 5.56 Å². The lowest BCUT2D eigenvalue weighted by molar-refractivity contribution is -0.0889. The molecule has 0 amide bonds. The van der Waals surface area contributed by atoms with Crippen LogP contribution in [0.3, 0.4) is 0 Å². The minimum Gasteiger partial charge on any atom is -0.496 e. The maximum atomic E-state index is 10.8. The number of hydrogen-bond acceptors (Lipinski definition) is 5. The van der Waals surface area contributed by atoms with Gasteiger partial charge in [-0.05, 0) is 5.56 Å². The summed E-state index contributed by atoms with van der Waals surface area (Å²) in [5, 5.41) is 21.1. The molecule has 5 heteroatoms. The van der Waals surface area contributed by atoms with Crippen molar-refractivity contribution in [1.82, 2.24) is 0 Å². The SMILES string of the molecule is COc1cc(OC)c2c(c1)OC(O)C(c1ccccc1)C2O. The van der Waals surface area contributed by atoms with E-state index in [2.05, 4.69) is 0 Å². The van der Waals surface area contributed by atoms with Crippen molar-refractivity contribution in [2.45, 2.75) is 18.3 Å². The summed E-state index contributed by atoms with van der Waals surface area (Å²) in [6.07, 6.45) is -2.09. The highest BCUT2D eigenvalue weighted by molar-refractivity contribution is 5.54. The Morgan fingerprint density at radius 1 is 1.00 bits per heavy atom. The van der Waals surface area contributed by atoms with Gasteiger partial charge in [-0.15, -0.1) is 0 Å². The van der Waals surface area contributed by atoms with E-state index < -0.39 is 18.3 Å². The molecule has 3 unspecified atom stereocenters. The molecule has 2 aromatic carbocycles. The summed E-state index contributed by atoms with van der Waals surface area (Å²) < 4.78 is 16.1. The molecule has 3 rings (SSSR count). The number of ether oxygens (including phenoxy) is 3. The van der Waals surface area contributed by atoms with E-state index in [9.17, 15) is 10.2 Å². The van der Waals surface area contributed by atoms with Crippen molar-refractivity contribution in [2.24, 2.45) is 0 Å². The third-order valence-electron chi connectivity index (χ3n) is 3.91. The maximum absolute atomic E-state index is 10.8. The number of rotatable bonds is 3. The Bertz CT molecular complexity index is 656. The fraction of sp³-hybridized carbons (Fsp3) is 0.294. The summed E-state index contributed by atoms with van der Waals surface area (Å²) in [5.74, 6) is 0.780. The van der Waals surface area contributed by atoms with Gasteiger partial charge in [0.2, 0.25) is 6.29 Å². The second-order valence-electron chi connectivity index (χ2n) is 5.13. The zero-order valence-corrected chi connectivity index (χ0v) is 12.4. The molecule has 0 bridgehead atoms. The Morgan fingerprint density at radius 2 is 1.73 bits per heavy atom. The van der Waals surface area contributed by atoms with Gasteiger partial charge >= 0.3 is 0 Å². The lowest BCUT2D eigenvalue weighted by Gasteiger charge is -2.35. The fourth-order valence-corrected chi connectivity index (χ4v) is 2.81. The average Bonchev–Trinajstić information content (AvgIpc) is 2.54. The number of aliphatic hydroxyl groups is 2. The van der Waals surface area contributed by atoms with Crippen molar-refractivity contribution in [1.29, 1.82) is 0 Å². The molecule has 0 saturated carbocycles. The lowest BCUT2D eigenvalue weighted by atomic mass is 9.85. The fourth-order valence-electron chi connectivity index (χ4n) is 2.81. The summed E-state index contributed by atoms with van der Waals surface area (Å²) >= 11 is 0. The molecule has 2 aromatic rings. The quantitative estimate of drug-likeness (QED) is 0.910. The molecule has 0 aromatic heterocycles. The van der Waals surface area contributed by atoms with E-state index in [-0.39, 0.29) is 0 Å². The van der Waals surface area contributed by atoms with E-state index in [1.165, 1.54) is 14.2 Å². The molecule has 1 aliphatic heterocycles. The van der Waals surface area contributed by atoms with E-state index in [1.54, 1.807) is 12.1 Å². The minimum absolute atomic E-state index is 0.364. The molecule has 1 heterocycles. The Balaban J connectivity index is 2.09. The van der Waals surface area contributed by atoms with Crippen LogP contribution in [0.4, 0.5) is 0 Å². The molecule has 2 N–H and O–H groups in total. The van der Waals surface area contributed by atoms with Gasteiger partial charge in [-0.3, -0.25) is 0 Å². The number of hydrogen-bond donors (Lipinski definition) is 2. The molecule has 0 aliphatic carbocycles. The third-order valence-corrected chi connectivity index (χ3v) is 3.91. The van der Waals surface area contributed by atoms with Gasteiger partial charge in [-0.2, -0.15) is 0 Å². The molecule has 0 radical (unpaired) electrons. The summed E-state index contributed by atoms with van der Waals surface area (Å²) in [6, 6.07) is 12.6. The highest BCUT2D eigenvalue weighted by Crippen LogP contribution is 2.48. The van der Waals surface area contributed by atoms with Crippen molar-refractivity contribution >= 4 is 0 Å². The van der Waals surface area contributed by atoms with Crippen LogP contribution in [0.1, 0.15) is 23.1 Å². The summed E-state index contributed by atoms with van der Waals surface area (Å²) in [5.41, 5.74) is 1.31. The second kappa shape index (κ2) is 5.87. The predicted molar refractivity (Wildman–Crippen MR) is 80.3 cm³/mol. The Labute approximate surface area is 128 Å². The van der Waals surface area contributed by atoms with Crippen molar-refractivity contribution in [2.75, 3.05) is 14.2 Å². The number of methoxy groups -OCH3 is 2. The molecular formula is C17H18O5. The zero-order chi connectivity index (χ0) is 15.7. The minimum atomic E-state index is -1.15. The van der Waals surface area contributed by atoms with Gasteiger partial charge in [0.25, 0.3) is 0 Å². The standard InChI is InChI=1S/C17H18O5/c1-20-11-8-12(21-2)15-13(9-11)22-17(19)14(16(15)18)10-6-4-3-5-7-10/h3-9,14,16-19H,1-2H3. The Morgan fingerprint density at radius 3 is 2.36 bits per heavy atom. The van der Waals surface area contributed by atoms with Crippen LogP contribution in [-0.4, -0.2) is 30.7 Å². The molecular weight excluding hydrogens is 284 g/mol. The predicted octanol–water partition coefficient (Wildman–Crippen LogP) is 2.23. The van der Waals surface area contributed by atoms with Crippen LogP contribution in [0.2, 0.25) is 0 Å². The molecule has 0 spiro atoms. The largest absolute Gasteiger partial charge is 0.496 e. The van der Waals surface area contributed by atoms with Crippen LogP contribution in [-0.2, 0) is 0 Å². The normalized spacial score (nSPS) is 23.4. The van der Waals surface area contributed by atoms with Gasteiger partial charge in [-0.25, -0.2) is 0 Å². The average molecular weight is 302 g/mol. The van der Waals surface area contributed by atoms with Crippen molar-refractivity contribution in [3.05, 3.63) is 53.6 Å². The van der Waals surface area contributed by atoms with Crippen molar-refractivity contribution in [3.63, 3.8) is 0 Å². The van der Waals surface area contributed by atoms with Gasteiger partial charge in [0.05, 0.1) is 31.8 Å². The first-order valence-electron chi connectivity index (χ1n) is 6.99. The van der Waals surface area contributed by atoms with Gasteiger partial charge in [0.1, 0.15) is 17.2 Å². The first-order valence-corrected chi connectivity index (χ1v) is 6.99. The topological polar surface area (TPSA) is 68.2 Å². The van der Waals surface area contributed by atoms with Crippen LogP contribution in [0, 0.1) is 0 Å². The van der Waals surface area contributed by atoms with E-state index in [4.69, 9.17) is 14.2 Å². The van der Waals surface area contributed by atoms with Gasteiger partial charge < -0.3 is 24.4 Å². The maximum Gasteiger partial charge on any atom is 0.207 e. The highest BCUT2D eigenvalue weighted by Gasteiger charge is 2.39. The molecule has 0 fully saturated rings. The smallest absolute Gasteiger partial charge is 0.207 e. The Kier molecular flexibility index (Phi) is 3.92. The van der Waals surface area contributed by atoms with E-state index in [1.807, 2.05) is 30.3 Å². The first kappa shape index (κ1) is 14.7. The summed E-state index contributed by atoms with van der Waals surface area (Å²) in [7, 11) is 3.05. The molecule has 0 saturated heterocycles. The molecule has 5 nitrogen and oxygen atoms in total. The lowest BCUT2D eigenvalue weighted by Crippen LogP contribution is -2.34. The van der Waals surface area contributed by atoms with Crippen LogP contribution < -0.4 is 14.2 Å². The first-order chi connectivity index (χ1) is 10.7. The van der Waals surface area contributed by atoms with Crippen LogP contribution in [0.5, 0.6) is 17.2 Å². The number of fused-ring (bicyclic) bond motifs is 1. The Hall–Kier alpha value is -2.24. The molecule has 3 atom stereocenters. The highest BCUT2D eigenvalue weighted by atomic mass is 16.6. The number of benzene rings is 2. The summed E-state index contributed by atoms with van der Waals surface area (Å²) in [4.78, 5) is 0. The van der Waals surface area contributed by atoms with Gasteiger partial charge in [-0.1, -0.05) is 30.3 Å². The van der Waals surface area contributed by atoms with E-state index >= 15 is 0 Å². The third kappa shape index (κ3) is 2.38. The molecule has 1 aliphatic rings. The van der Waals surface area contributed by atoms with Gasteiger partial charge in [0.15, 0.2) is 0 Å². The molecule has 22 heavy (non-hydrogen) atoms.